The zero-order valence-electron chi connectivity index (χ0n) is 9.03. The van der Waals surface area contributed by atoms with E-state index in [1.165, 1.54) is 0 Å². The second kappa shape index (κ2) is 4.80. The second-order valence-electron chi connectivity index (χ2n) is 3.81. The molecule has 0 amide bonds. The van der Waals surface area contributed by atoms with Gasteiger partial charge in [0.2, 0.25) is 0 Å². The fourth-order valence-electron chi connectivity index (χ4n) is 1.19. The number of hydrogen-bond acceptors (Lipinski definition) is 2. The van der Waals surface area contributed by atoms with Crippen molar-refractivity contribution in [2.24, 2.45) is 5.92 Å². The summed E-state index contributed by atoms with van der Waals surface area (Å²) in [5.41, 5.74) is 1.08. The van der Waals surface area contributed by atoms with Crippen LogP contribution in [-0.4, -0.2) is 19.4 Å². The van der Waals surface area contributed by atoms with Crippen LogP contribution in [0.2, 0.25) is 0 Å². The molecule has 1 rings (SSSR count). The minimum Gasteiger partial charge on any atom is -0.367 e. The number of likely N-dealkylation sites (N-methyl/N-ethyl adjacent to an activating group) is 1. The van der Waals surface area contributed by atoms with E-state index in [0.717, 1.165) is 5.69 Å². The van der Waals surface area contributed by atoms with Crippen molar-refractivity contribution in [2.75, 3.05) is 18.5 Å². The molecule has 0 unspecified atom stereocenters. The Labute approximate surface area is 85.5 Å². The zero-order chi connectivity index (χ0) is 10.6. The molecule has 76 valence electrons. The Morgan fingerprint density at radius 3 is 2.36 bits per heavy atom. The molecular weight excluding hydrogens is 174 g/mol. The lowest BCUT2D eigenvalue weighted by Crippen LogP contribution is -2.28. The average molecular weight is 191 g/mol. The molecule has 2 heteroatoms. The summed E-state index contributed by atoms with van der Waals surface area (Å²) in [6, 6.07) is 9.94. The van der Waals surface area contributed by atoms with Crippen LogP contribution in [0.15, 0.2) is 30.3 Å². The van der Waals surface area contributed by atoms with Crippen LogP contribution < -0.4 is 4.90 Å². The van der Waals surface area contributed by atoms with Crippen LogP contribution in [-0.2, 0) is 4.79 Å². The van der Waals surface area contributed by atoms with Crippen molar-refractivity contribution >= 4 is 11.5 Å². The number of nitrogens with zero attached hydrogens (tertiary/aromatic N) is 1. The first-order chi connectivity index (χ1) is 6.61. The highest BCUT2D eigenvalue weighted by Crippen LogP contribution is 2.11. The number of benzene rings is 1. The summed E-state index contributed by atoms with van der Waals surface area (Å²) in [6.45, 7) is 4.35. The van der Waals surface area contributed by atoms with E-state index in [1.54, 1.807) is 0 Å². The van der Waals surface area contributed by atoms with Crippen molar-refractivity contribution in [3.05, 3.63) is 30.3 Å². The van der Waals surface area contributed by atoms with Gasteiger partial charge in [-0.3, -0.25) is 4.79 Å². The molecule has 1 aromatic carbocycles. The van der Waals surface area contributed by atoms with E-state index >= 15 is 0 Å². The van der Waals surface area contributed by atoms with E-state index in [0.29, 0.717) is 6.54 Å². The summed E-state index contributed by atoms with van der Waals surface area (Å²) < 4.78 is 0. The van der Waals surface area contributed by atoms with E-state index in [4.69, 9.17) is 0 Å². The van der Waals surface area contributed by atoms with Crippen molar-refractivity contribution in [3.63, 3.8) is 0 Å². The minimum atomic E-state index is 0.112. The van der Waals surface area contributed by atoms with Crippen molar-refractivity contribution < 1.29 is 4.79 Å². The van der Waals surface area contributed by atoms with E-state index in [9.17, 15) is 4.79 Å². The van der Waals surface area contributed by atoms with Gasteiger partial charge in [0.15, 0.2) is 5.78 Å². The van der Waals surface area contributed by atoms with Crippen LogP contribution in [0.4, 0.5) is 5.69 Å². The molecule has 0 aliphatic carbocycles. The van der Waals surface area contributed by atoms with Crippen LogP contribution in [0.1, 0.15) is 13.8 Å². The highest BCUT2D eigenvalue weighted by molar-refractivity contribution is 5.84. The standard InChI is InChI=1S/C12H17NO/c1-10(2)12(14)9-13(3)11-7-5-4-6-8-11/h4-8,10H,9H2,1-3H3. The quantitative estimate of drug-likeness (QED) is 0.728. The normalized spacial score (nSPS) is 10.3. The van der Waals surface area contributed by atoms with Gasteiger partial charge in [0.25, 0.3) is 0 Å². The zero-order valence-corrected chi connectivity index (χ0v) is 9.03. The molecule has 0 aliphatic heterocycles. The third-order valence-corrected chi connectivity index (χ3v) is 2.23. The Balaban J connectivity index is 2.59. The first kappa shape index (κ1) is 10.8. The molecule has 2 nitrogen and oxygen atoms in total. The highest BCUT2D eigenvalue weighted by atomic mass is 16.1. The van der Waals surface area contributed by atoms with E-state index in [-0.39, 0.29) is 11.7 Å². The summed E-state index contributed by atoms with van der Waals surface area (Å²) in [5, 5.41) is 0. The average Bonchev–Trinajstić information content (AvgIpc) is 2.19. The fraction of sp³-hybridized carbons (Fsp3) is 0.417. The van der Waals surface area contributed by atoms with Gasteiger partial charge in [-0.25, -0.2) is 0 Å². The maximum atomic E-state index is 11.5. The van der Waals surface area contributed by atoms with Crippen LogP contribution >= 0.6 is 0 Å². The molecule has 0 atom stereocenters. The maximum absolute atomic E-state index is 11.5. The molecule has 0 aromatic heterocycles. The van der Waals surface area contributed by atoms with Crippen molar-refractivity contribution in [2.45, 2.75) is 13.8 Å². The third kappa shape index (κ3) is 2.87. The van der Waals surface area contributed by atoms with Gasteiger partial charge in [0.05, 0.1) is 6.54 Å². The first-order valence-corrected chi connectivity index (χ1v) is 4.90. The number of carbonyl (C=O) groups is 1. The van der Waals surface area contributed by atoms with E-state index in [2.05, 4.69) is 0 Å². The molecule has 1 aromatic rings. The number of ketones is 1. The van der Waals surface area contributed by atoms with Gasteiger partial charge >= 0.3 is 0 Å². The van der Waals surface area contributed by atoms with Gasteiger partial charge < -0.3 is 4.90 Å². The molecular formula is C12H17NO. The van der Waals surface area contributed by atoms with Crippen LogP contribution in [0.3, 0.4) is 0 Å². The Hall–Kier alpha value is -1.31. The molecule has 0 aliphatic rings. The summed E-state index contributed by atoms with van der Waals surface area (Å²) >= 11 is 0. The van der Waals surface area contributed by atoms with Gasteiger partial charge in [0.1, 0.15) is 0 Å². The minimum absolute atomic E-state index is 0.112. The van der Waals surface area contributed by atoms with Crippen LogP contribution in [0.5, 0.6) is 0 Å². The molecule has 14 heavy (non-hydrogen) atoms. The molecule has 0 heterocycles. The summed E-state index contributed by atoms with van der Waals surface area (Å²) in [4.78, 5) is 13.5. The summed E-state index contributed by atoms with van der Waals surface area (Å²) in [7, 11) is 1.94. The predicted molar refractivity (Wildman–Crippen MR) is 59.6 cm³/mol. The molecule has 0 radical (unpaired) electrons. The van der Waals surface area contributed by atoms with Crippen molar-refractivity contribution in [1.29, 1.82) is 0 Å². The number of hydrogen-bond donors (Lipinski definition) is 0. The third-order valence-electron chi connectivity index (χ3n) is 2.23. The predicted octanol–water partition coefficient (Wildman–Crippen LogP) is 2.35. The van der Waals surface area contributed by atoms with Gasteiger partial charge in [-0.15, -0.1) is 0 Å². The Bertz CT molecular complexity index is 292. The Morgan fingerprint density at radius 2 is 1.86 bits per heavy atom. The Morgan fingerprint density at radius 1 is 1.29 bits per heavy atom. The number of para-hydroxylation sites is 1. The molecule has 0 N–H and O–H groups in total. The molecule has 0 bridgehead atoms. The van der Waals surface area contributed by atoms with Gasteiger partial charge in [-0.05, 0) is 12.1 Å². The smallest absolute Gasteiger partial charge is 0.154 e. The highest BCUT2D eigenvalue weighted by Gasteiger charge is 2.10. The monoisotopic (exact) mass is 191 g/mol. The summed E-state index contributed by atoms with van der Waals surface area (Å²) in [5.74, 6) is 0.387. The molecule has 0 saturated carbocycles. The number of rotatable bonds is 4. The van der Waals surface area contributed by atoms with Gasteiger partial charge in [-0.2, -0.15) is 0 Å². The molecule has 0 fully saturated rings. The van der Waals surface area contributed by atoms with Crippen LogP contribution in [0.25, 0.3) is 0 Å². The summed E-state index contributed by atoms with van der Waals surface area (Å²) in [6.07, 6.45) is 0. The number of anilines is 1. The SMILES string of the molecule is CC(C)C(=O)CN(C)c1ccccc1. The van der Waals surface area contributed by atoms with E-state index < -0.39 is 0 Å². The van der Waals surface area contributed by atoms with Gasteiger partial charge in [-0.1, -0.05) is 32.0 Å². The largest absolute Gasteiger partial charge is 0.367 e. The number of carbonyl (C=O) groups excluding carboxylic acids is 1. The second-order valence-corrected chi connectivity index (χ2v) is 3.81. The van der Waals surface area contributed by atoms with Gasteiger partial charge in [0, 0.05) is 18.7 Å². The Kier molecular flexibility index (Phi) is 3.69. The number of Topliss-reactive ketones (excluding diaryl/α,β-unsaturated/α-hetero) is 1. The maximum Gasteiger partial charge on any atom is 0.154 e. The van der Waals surface area contributed by atoms with Crippen molar-refractivity contribution in [1.82, 2.24) is 0 Å². The first-order valence-electron chi connectivity index (χ1n) is 4.90. The molecule has 0 spiro atoms. The molecule has 0 saturated heterocycles. The fourth-order valence-corrected chi connectivity index (χ4v) is 1.19. The lowest BCUT2D eigenvalue weighted by atomic mass is 10.1. The lowest BCUT2D eigenvalue weighted by Gasteiger charge is -2.19. The lowest BCUT2D eigenvalue weighted by molar-refractivity contribution is -0.120. The van der Waals surface area contributed by atoms with Crippen molar-refractivity contribution in [3.8, 4) is 0 Å². The van der Waals surface area contributed by atoms with E-state index in [1.807, 2.05) is 56.1 Å². The van der Waals surface area contributed by atoms with Crippen LogP contribution in [0, 0.1) is 5.92 Å². The topological polar surface area (TPSA) is 20.3 Å².